The highest BCUT2D eigenvalue weighted by atomic mass is 16.5. The van der Waals surface area contributed by atoms with Crippen LogP contribution in [-0.2, 0) is 9.53 Å². The number of esters is 1. The van der Waals surface area contributed by atoms with Gasteiger partial charge in [-0.1, -0.05) is 42.5 Å². The number of carbonyl (C=O) groups is 1. The third kappa shape index (κ3) is 2.20. The highest BCUT2D eigenvalue weighted by molar-refractivity contribution is 5.83. The second-order valence-electron chi connectivity index (χ2n) is 6.55. The number of nitrogens with one attached hydrogen (secondary N) is 1. The molecule has 2 aliphatic rings. The molecule has 0 radical (unpaired) electrons. The molecule has 2 fully saturated rings. The van der Waals surface area contributed by atoms with Gasteiger partial charge in [0, 0.05) is 18.0 Å². The van der Waals surface area contributed by atoms with E-state index in [1.165, 1.54) is 29.9 Å². The molecule has 3 heteroatoms. The molecule has 2 bridgehead atoms. The van der Waals surface area contributed by atoms with Gasteiger partial charge in [0.1, 0.15) is 0 Å². The molecule has 0 aromatic heterocycles. The molecule has 4 rings (SSSR count). The van der Waals surface area contributed by atoms with Crippen molar-refractivity contribution in [1.29, 1.82) is 0 Å². The Kier molecular flexibility index (Phi) is 3.38. The van der Waals surface area contributed by atoms with E-state index in [1.54, 1.807) is 0 Å². The zero-order valence-corrected chi connectivity index (χ0v) is 12.8. The van der Waals surface area contributed by atoms with E-state index in [1.807, 2.05) is 0 Å². The lowest BCUT2D eigenvalue weighted by atomic mass is 9.76. The van der Waals surface area contributed by atoms with Gasteiger partial charge < -0.3 is 10.1 Å². The summed E-state index contributed by atoms with van der Waals surface area (Å²) in [6, 6.07) is 15.8. The van der Waals surface area contributed by atoms with Crippen molar-refractivity contribution in [2.75, 3.05) is 7.11 Å². The van der Waals surface area contributed by atoms with Gasteiger partial charge in [0.05, 0.1) is 13.0 Å². The van der Waals surface area contributed by atoms with Crippen LogP contribution < -0.4 is 5.32 Å². The Morgan fingerprint density at radius 2 is 1.95 bits per heavy atom. The Labute approximate surface area is 130 Å². The standard InChI is InChI=1S/C19H21NO2/c1-22-19(21)18-16(11-15-8-9-17(18)20-15)14-7-6-12-4-2-3-5-13(12)10-14/h2-7,10,15-18,20H,8-9,11H2,1H3/t15?,16-,17+,18-/m0/s1. The molecule has 114 valence electrons. The molecular formula is C19H21NO2. The smallest absolute Gasteiger partial charge is 0.310 e. The van der Waals surface area contributed by atoms with Gasteiger partial charge in [-0.2, -0.15) is 0 Å². The molecule has 3 nitrogen and oxygen atoms in total. The van der Waals surface area contributed by atoms with Crippen molar-refractivity contribution in [2.24, 2.45) is 5.92 Å². The molecular weight excluding hydrogens is 274 g/mol. The zero-order chi connectivity index (χ0) is 15.1. The van der Waals surface area contributed by atoms with Gasteiger partial charge >= 0.3 is 5.97 Å². The Balaban J connectivity index is 1.75. The van der Waals surface area contributed by atoms with Crippen LogP contribution in [0.3, 0.4) is 0 Å². The summed E-state index contributed by atoms with van der Waals surface area (Å²) >= 11 is 0. The molecule has 4 atom stereocenters. The first-order valence-electron chi connectivity index (χ1n) is 8.09. The average Bonchev–Trinajstić information content (AvgIpc) is 2.95. The summed E-state index contributed by atoms with van der Waals surface area (Å²) in [7, 11) is 1.50. The van der Waals surface area contributed by atoms with Gasteiger partial charge in [0.25, 0.3) is 0 Å². The fourth-order valence-electron chi connectivity index (χ4n) is 4.30. The quantitative estimate of drug-likeness (QED) is 0.864. The normalized spacial score (nSPS) is 30.4. The van der Waals surface area contributed by atoms with E-state index in [0.717, 1.165) is 12.8 Å². The summed E-state index contributed by atoms with van der Waals surface area (Å²) in [4.78, 5) is 12.3. The van der Waals surface area contributed by atoms with E-state index in [0.29, 0.717) is 6.04 Å². The summed E-state index contributed by atoms with van der Waals surface area (Å²) in [5, 5.41) is 6.08. The van der Waals surface area contributed by atoms with E-state index in [-0.39, 0.29) is 23.8 Å². The fourth-order valence-corrected chi connectivity index (χ4v) is 4.30. The molecule has 0 saturated carbocycles. The number of benzene rings is 2. The molecule has 0 amide bonds. The average molecular weight is 295 g/mol. The van der Waals surface area contributed by atoms with Gasteiger partial charge in [0.15, 0.2) is 0 Å². The predicted octanol–water partition coefficient (Wildman–Crippen LogP) is 3.24. The minimum Gasteiger partial charge on any atom is -0.469 e. The van der Waals surface area contributed by atoms with Crippen molar-refractivity contribution in [3.8, 4) is 0 Å². The molecule has 2 aromatic rings. The van der Waals surface area contributed by atoms with Crippen LogP contribution in [0.15, 0.2) is 42.5 Å². The first-order valence-corrected chi connectivity index (χ1v) is 8.09. The maximum absolute atomic E-state index is 12.3. The topological polar surface area (TPSA) is 38.3 Å². The van der Waals surface area contributed by atoms with Crippen LogP contribution in [0.2, 0.25) is 0 Å². The van der Waals surface area contributed by atoms with Crippen LogP contribution in [-0.4, -0.2) is 25.2 Å². The highest BCUT2D eigenvalue weighted by Gasteiger charge is 2.46. The largest absolute Gasteiger partial charge is 0.469 e. The number of piperidine rings is 1. The number of hydrogen-bond acceptors (Lipinski definition) is 3. The summed E-state index contributed by atoms with van der Waals surface area (Å²) in [5.41, 5.74) is 1.27. The Morgan fingerprint density at radius 1 is 1.14 bits per heavy atom. The second kappa shape index (κ2) is 5.40. The maximum Gasteiger partial charge on any atom is 0.310 e. The van der Waals surface area contributed by atoms with Crippen LogP contribution in [0.5, 0.6) is 0 Å². The minimum atomic E-state index is -0.0731. The second-order valence-corrected chi connectivity index (χ2v) is 6.55. The third-order valence-corrected chi connectivity index (χ3v) is 5.36. The first kappa shape index (κ1) is 13.8. The fraction of sp³-hybridized carbons (Fsp3) is 0.421. The number of rotatable bonds is 2. The Bertz CT molecular complexity index is 711. The predicted molar refractivity (Wildman–Crippen MR) is 86.8 cm³/mol. The lowest BCUT2D eigenvalue weighted by Gasteiger charge is -2.36. The number of methoxy groups -OCH3 is 1. The third-order valence-electron chi connectivity index (χ3n) is 5.36. The monoisotopic (exact) mass is 295 g/mol. The van der Waals surface area contributed by atoms with Crippen molar-refractivity contribution >= 4 is 16.7 Å². The van der Waals surface area contributed by atoms with Gasteiger partial charge in [0.2, 0.25) is 0 Å². The number of ether oxygens (including phenoxy) is 1. The highest BCUT2D eigenvalue weighted by Crippen LogP contribution is 2.42. The van der Waals surface area contributed by atoms with Crippen LogP contribution in [0.4, 0.5) is 0 Å². The number of hydrogen-bond donors (Lipinski definition) is 1. The van der Waals surface area contributed by atoms with Crippen molar-refractivity contribution in [3.63, 3.8) is 0 Å². The molecule has 1 N–H and O–H groups in total. The van der Waals surface area contributed by atoms with Crippen molar-refractivity contribution < 1.29 is 9.53 Å². The van der Waals surface area contributed by atoms with Crippen molar-refractivity contribution in [2.45, 2.75) is 37.3 Å². The van der Waals surface area contributed by atoms with E-state index >= 15 is 0 Å². The summed E-state index contributed by atoms with van der Waals surface area (Å²) in [5.74, 6) is 0.122. The van der Waals surface area contributed by atoms with Crippen molar-refractivity contribution in [3.05, 3.63) is 48.0 Å². The van der Waals surface area contributed by atoms with Gasteiger partial charge in [-0.05, 0) is 35.6 Å². The molecule has 2 heterocycles. The van der Waals surface area contributed by atoms with Crippen LogP contribution >= 0.6 is 0 Å². The zero-order valence-electron chi connectivity index (χ0n) is 12.8. The van der Waals surface area contributed by atoms with E-state index in [4.69, 9.17) is 4.74 Å². The molecule has 22 heavy (non-hydrogen) atoms. The Morgan fingerprint density at radius 3 is 2.77 bits per heavy atom. The summed E-state index contributed by atoms with van der Waals surface area (Å²) in [6.45, 7) is 0. The maximum atomic E-state index is 12.3. The van der Waals surface area contributed by atoms with Gasteiger partial charge in [-0.15, -0.1) is 0 Å². The number of carbonyl (C=O) groups excluding carboxylic acids is 1. The van der Waals surface area contributed by atoms with E-state index < -0.39 is 0 Å². The molecule has 2 aromatic carbocycles. The number of fused-ring (bicyclic) bond motifs is 3. The summed E-state index contributed by atoms with van der Waals surface area (Å²) < 4.78 is 5.10. The van der Waals surface area contributed by atoms with Gasteiger partial charge in [-0.25, -0.2) is 0 Å². The lowest BCUT2D eigenvalue weighted by molar-refractivity contribution is -0.148. The SMILES string of the molecule is COC(=O)[C@@H]1[C@H]2CCC(C[C@H]1c1ccc3ccccc3c1)N2. The molecule has 0 aliphatic carbocycles. The van der Waals surface area contributed by atoms with E-state index in [9.17, 15) is 4.79 Å². The summed E-state index contributed by atoms with van der Waals surface area (Å²) in [6.07, 6.45) is 3.27. The minimum absolute atomic E-state index is 0.0649. The molecule has 1 unspecified atom stereocenters. The Hall–Kier alpha value is -1.87. The van der Waals surface area contributed by atoms with Crippen LogP contribution in [0.25, 0.3) is 10.8 Å². The first-order chi connectivity index (χ1) is 10.8. The molecule has 2 aliphatic heterocycles. The van der Waals surface area contributed by atoms with Crippen molar-refractivity contribution in [1.82, 2.24) is 5.32 Å². The molecule has 2 saturated heterocycles. The molecule has 0 spiro atoms. The van der Waals surface area contributed by atoms with Crippen LogP contribution in [0.1, 0.15) is 30.7 Å². The van der Waals surface area contributed by atoms with Gasteiger partial charge in [-0.3, -0.25) is 4.79 Å². The van der Waals surface area contributed by atoms with E-state index in [2.05, 4.69) is 47.8 Å². The van der Waals surface area contributed by atoms with Crippen LogP contribution in [0, 0.1) is 5.92 Å². The lowest BCUT2D eigenvalue weighted by Crippen LogP contribution is -2.48.